The lowest BCUT2D eigenvalue weighted by Gasteiger charge is -2.21. The molecule has 0 aromatic heterocycles. The first-order valence-corrected chi connectivity index (χ1v) is 7.21. The van der Waals surface area contributed by atoms with E-state index in [1.165, 1.54) is 12.1 Å². The van der Waals surface area contributed by atoms with Crippen LogP contribution < -0.4 is 16.0 Å². The Balaban J connectivity index is 2.14. The molecule has 0 radical (unpaired) electrons. The van der Waals surface area contributed by atoms with E-state index in [0.717, 1.165) is 5.56 Å². The highest BCUT2D eigenvalue weighted by Gasteiger charge is 2.16. The van der Waals surface area contributed by atoms with E-state index in [0.29, 0.717) is 24.3 Å². The maximum Gasteiger partial charge on any atom is 0.312 e. The number of nitrogens with zero attached hydrogens (tertiary/aromatic N) is 1. The second kappa shape index (κ2) is 7.40. The fraction of sp³-hybridized carbons (Fsp3) is 0.176. The number of benzene rings is 2. The minimum atomic E-state index is -0.598. The molecule has 120 valence electrons. The van der Waals surface area contributed by atoms with Crippen LogP contribution in [0.5, 0.6) is 0 Å². The van der Waals surface area contributed by atoms with Crippen molar-refractivity contribution >= 4 is 17.6 Å². The third-order valence-corrected chi connectivity index (χ3v) is 3.37. The molecule has 0 aliphatic rings. The van der Waals surface area contributed by atoms with Gasteiger partial charge in [-0.2, -0.15) is 0 Å². The van der Waals surface area contributed by atoms with Gasteiger partial charge in [-0.15, -0.1) is 0 Å². The molecule has 23 heavy (non-hydrogen) atoms. The zero-order chi connectivity index (χ0) is 16.8. The lowest BCUT2D eigenvalue weighted by atomic mass is 10.1. The topological polar surface area (TPSA) is 75.4 Å². The maximum absolute atomic E-state index is 13.0. The monoisotopic (exact) mass is 315 g/mol. The molecule has 2 rings (SSSR count). The van der Waals surface area contributed by atoms with Gasteiger partial charge < -0.3 is 16.0 Å². The standard InChI is InChI=1S/C17H18FN3O2/c1-2-21(15-9-7-14(18)8-10-15)16(22)13-5-3-12(4-6-13)11-20-17(19)23/h3-10H,2,11H2,1H3,(H3,19,20,23). The molecule has 0 aliphatic heterocycles. The average molecular weight is 315 g/mol. The summed E-state index contributed by atoms with van der Waals surface area (Å²) in [7, 11) is 0. The van der Waals surface area contributed by atoms with Crippen LogP contribution in [-0.4, -0.2) is 18.5 Å². The molecule has 0 unspecified atom stereocenters. The van der Waals surface area contributed by atoms with E-state index in [1.54, 1.807) is 41.3 Å². The van der Waals surface area contributed by atoms with Crippen LogP contribution in [0.1, 0.15) is 22.8 Å². The molecule has 0 aliphatic carbocycles. The summed E-state index contributed by atoms with van der Waals surface area (Å²) in [6, 6.07) is 12.1. The molecule has 3 N–H and O–H groups in total. The van der Waals surface area contributed by atoms with Crippen LogP contribution in [0.25, 0.3) is 0 Å². The van der Waals surface area contributed by atoms with Crippen LogP contribution in [0.2, 0.25) is 0 Å². The zero-order valence-corrected chi connectivity index (χ0v) is 12.8. The van der Waals surface area contributed by atoms with Crippen LogP contribution in [0.15, 0.2) is 48.5 Å². The summed E-state index contributed by atoms with van der Waals surface area (Å²) in [5.41, 5.74) is 7.00. The lowest BCUT2D eigenvalue weighted by molar-refractivity contribution is 0.0988. The number of primary amides is 1. The molecule has 0 atom stereocenters. The Morgan fingerprint density at radius 2 is 1.70 bits per heavy atom. The first-order valence-electron chi connectivity index (χ1n) is 7.21. The number of hydrogen-bond acceptors (Lipinski definition) is 2. The third-order valence-electron chi connectivity index (χ3n) is 3.37. The lowest BCUT2D eigenvalue weighted by Crippen LogP contribution is -2.30. The van der Waals surface area contributed by atoms with Gasteiger partial charge >= 0.3 is 6.03 Å². The van der Waals surface area contributed by atoms with Crippen LogP contribution in [0.4, 0.5) is 14.9 Å². The van der Waals surface area contributed by atoms with Gasteiger partial charge in [0.25, 0.3) is 5.91 Å². The van der Waals surface area contributed by atoms with Crippen molar-refractivity contribution in [2.45, 2.75) is 13.5 Å². The summed E-state index contributed by atoms with van der Waals surface area (Å²) in [6.07, 6.45) is 0. The number of rotatable bonds is 5. The summed E-state index contributed by atoms with van der Waals surface area (Å²) in [5, 5.41) is 2.48. The Labute approximate surface area is 133 Å². The van der Waals surface area contributed by atoms with Crippen LogP contribution >= 0.6 is 0 Å². The molecule has 0 bridgehead atoms. The number of carbonyl (C=O) groups excluding carboxylic acids is 2. The third kappa shape index (κ3) is 4.29. The number of hydrogen-bond donors (Lipinski definition) is 2. The normalized spacial score (nSPS) is 10.2. The number of carbonyl (C=O) groups is 2. The molecule has 0 spiro atoms. The fourth-order valence-corrected chi connectivity index (χ4v) is 2.17. The highest BCUT2D eigenvalue weighted by atomic mass is 19.1. The van der Waals surface area contributed by atoms with Gasteiger partial charge in [-0.05, 0) is 48.9 Å². The van der Waals surface area contributed by atoms with Gasteiger partial charge in [-0.3, -0.25) is 4.79 Å². The molecule has 0 fully saturated rings. The van der Waals surface area contributed by atoms with Crippen molar-refractivity contribution < 1.29 is 14.0 Å². The summed E-state index contributed by atoms with van der Waals surface area (Å²) >= 11 is 0. The Morgan fingerprint density at radius 1 is 1.09 bits per heavy atom. The minimum Gasteiger partial charge on any atom is -0.352 e. The predicted octanol–water partition coefficient (Wildman–Crippen LogP) is 2.66. The molecule has 6 heteroatoms. The fourth-order valence-electron chi connectivity index (χ4n) is 2.17. The van der Waals surface area contributed by atoms with Gasteiger partial charge in [-0.25, -0.2) is 9.18 Å². The summed E-state index contributed by atoms with van der Waals surface area (Å²) in [5.74, 6) is -0.517. The molecule has 0 heterocycles. The van der Waals surface area contributed by atoms with Crippen molar-refractivity contribution in [1.29, 1.82) is 0 Å². The quantitative estimate of drug-likeness (QED) is 0.890. The van der Waals surface area contributed by atoms with E-state index in [9.17, 15) is 14.0 Å². The van der Waals surface area contributed by atoms with Crippen molar-refractivity contribution in [3.63, 3.8) is 0 Å². The molecule has 0 saturated carbocycles. The van der Waals surface area contributed by atoms with E-state index in [4.69, 9.17) is 5.73 Å². The smallest absolute Gasteiger partial charge is 0.312 e. The Kier molecular flexibility index (Phi) is 5.30. The van der Waals surface area contributed by atoms with E-state index >= 15 is 0 Å². The SMILES string of the molecule is CCN(C(=O)c1ccc(CNC(N)=O)cc1)c1ccc(F)cc1. The Morgan fingerprint density at radius 3 is 2.22 bits per heavy atom. The molecular weight excluding hydrogens is 297 g/mol. The number of nitrogens with one attached hydrogen (secondary N) is 1. The first-order chi connectivity index (χ1) is 11.0. The van der Waals surface area contributed by atoms with Crippen molar-refractivity contribution in [2.75, 3.05) is 11.4 Å². The molecule has 3 amide bonds. The minimum absolute atomic E-state index is 0.173. The second-order valence-electron chi connectivity index (χ2n) is 4.94. The van der Waals surface area contributed by atoms with Crippen molar-refractivity contribution in [3.8, 4) is 0 Å². The second-order valence-corrected chi connectivity index (χ2v) is 4.94. The van der Waals surface area contributed by atoms with Gasteiger partial charge in [0.1, 0.15) is 5.82 Å². The highest BCUT2D eigenvalue weighted by molar-refractivity contribution is 6.06. The number of urea groups is 1. The molecule has 0 saturated heterocycles. The van der Waals surface area contributed by atoms with Gasteiger partial charge in [0.15, 0.2) is 0 Å². The Bertz CT molecular complexity index is 684. The van der Waals surface area contributed by atoms with Crippen LogP contribution in [0, 0.1) is 5.82 Å². The van der Waals surface area contributed by atoms with Gasteiger partial charge in [0, 0.05) is 24.3 Å². The number of anilines is 1. The van der Waals surface area contributed by atoms with E-state index < -0.39 is 6.03 Å². The van der Waals surface area contributed by atoms with Gasteiger partial charge in [-0.1, -0.05) is 12.1 Å². The maximum atomic E-state index is 13.0. The Hall–Kier alpha value is -2.89. The molecule has 2 aromatic carbocycles. The number of halogens is 1. The number of amides is 3. The summed E-state index contributed by atoms with van der Waals surface area (Å²) < 4.78 is 13.0. The van der Waals surface area contributed by atoms with Gasteiger partial charge in [0.05, 0.1) is 0 Å². The van der Waals surface area contributed by atoms with E-state index in [1.807, 2.05) is 6.92 Å². The summed E-state index contributed by atoms with van der Waals surface area (Å²) in [6.45, 7) is 2.63. The van der Waals surface area contributed by atoms with Crippen molar-refractivity contribution in [3.05, 3.63) is 65.5 Å². The van der Waals surface area contributed by atoms with Crippen molar-refractivity contribution in [2.24, 2.45) is 5.73 Å². The molecular formula is C17H18FN3O2. The molecule has 2 aromatic rings. The summed E-state index contributed by atoms with van der Waals surface area (Å²) in [4.78, 5) is 24.8. The average Bonchev–Trinajstić information content (AvgIpc) is 2.55. The van der Waals surface area contributed by atoms with Crippen LogP contribution in [-0.2, 0) is 6.54 Å². The van der Waals surface area contributed by atoms with Crippen molar-refractivity contribution in [1.82, 2.24) is 5.32 Å². The van der Waals surface area contributed by atoms with E-state index in [-0.39, 0.29) is 11.7 Å². The highest BCUT2D eigenvalue weighted by Crippen LogP contribution is 2.18. The zero-order valence-electron chi connectivity index (χ0n) is 12.8. The predicted molar refractivity (Wildman–Crippen MR) is 86.6 cm³/mol. The first kappa shape index (κ1) is 16.5. The largest absolute Gasteiger partial charge is 0.352 e. The van der Waals surface area contributed by atoms with Gasteiger partial charge in [0.2, 0.25) is 0 Å². The van der Waals surface area contributed by atoms with Crippen LogP contribution in [0.3, 0.4) is 0 Å². The molecule has 5 nitrogen and oxygen atoms in total. The number of nitrogens with two attached hydrogens (primary N) is 1. The van der Waals surface area contributed by atoms with E-state index in [2.05, 4.69) is 5.32 Å².